The summed E-state index contributed by atoms with van der Waals surface area (Å²) in [5.41, 5.74) is 6.19. The van der Waals surface area contributed by atoms with E-state index in [9.17, 15) is 4.79 Å². The Hall–Kier alpha value is -2.55. The number of hydrogen-bond donors (Lipinski definition) is 2. The van der Waals surface area contributed by atoms with Gasteiger partial charge in [0.15, 0.2) is 0 Å². The summed E-state index contributed by atoms with van der Waals surface area (Å²) < 4.78 is 0. The van der Waals surface area contributed by atoms with Gasteiger partial charge in [-0.1, -0.05) is 29.8 Å². The average Bonchev–Trinajstić information content (AvgIpc) is 2.47. The highest BCUT2D eigenvalue weighted by Crippen LogP contribution is 2.19. The number of aryl methyl sites for hydroxylation is 3. The van der Waals surface area contributed by atoms with Crippen molar-refractivity contribution in [1.82, 2.24) is 4.98 Å². The quantitative estimate of drug-likeness (QED) is 0.764. The summed E-state index contributed by atoms with van der Waals surface area (Å²) in [5, 5.41) is 4.43. The second kappa shape index (κ2) is 5.68. The van der Waals surface area contributed by atoms with E-state index >= 15 is 0 Å². The van der Waals surface area contributed by atoms with Crippen LogP contribution in [0.2, 0.25) is 0 Å². The molecule has 2 N–H and O–H groups in total. The van der Waals surface area contributed by atoms with Crippen molar-refractivity contribution in [3.63, 3.8) is 0 Å². The summed E-state index contributed by atoms with van der Waals surface area (Å²) in [5.74, 6) is 0. The Morgan fingerprint density at radius 2 is 1.77 bits per heavy atom. The Labute approximate surface area is 130 Å². The summed E-state index contributed by atoms with van der Waals surface area (Å²) >= 11 is 0. The summed E-state index contributed by atoms with van der Waals surface area (Å²) in [7, 11) is 0. The minimum absolute atomic E-state index is 0.0273. The molecule has 0 unspecified atom stereocenters. The van der Waals surface area contributed by atoms with Gasteiger partial charge in [-0.15, -0.1) is 0 Å². The Bertz CT molecular complexity index is 894. The highest BCUT2D eigenvalue weighted by atomic mass is 16.1. The molecule has 0 aliphatic carbocycles. The number of aromatic nitrogens is 1. The van der Waals surface area contributed by atoms with E-state index in [1.54, 1.807) is 0 Å². The number of aromatic amines is 1. The molecule has 0 atom stereocenters. The van der Waals surface area contributed by atoms with Crippen LogP contribution in [-0.4, -0.2) is 4.98 Å². The molecule has 3 aromatic rings. The Morgan fingerprint density at radius 3 is 2.55 bits per heavy atom. The second-order valence-electron chi connectivity index (χ2n) is 5.84. The molecule has 0 spiro atoms. The number of anilines is 1. The number of fused-ring (bicyclic) bond motifs is 1. The van der Waals surface area contributed by atoms with Crippen molar-refractivity contribution < 1.29 is 0 Å². The van der Waals surface area contributed by atoms with Gasteiger partial charge in [0.2, 0.25) is 0 Å². The fourth-order valence-electron chi connectivity index (χ4n) is 2.83. The van der Waals surface area contributed by atoms with Crippen molar-refractivity contribution in [2.75, 3.05) is 5.32 Å². The smallest absolute Gasteiger partial charge is 0.253 e. The Morgan fingerprint density at radius 1 is 1.00 bits per heavy atom. The maximum absolute atomic E-state index is 12.3. The third-order valence-corrected chi connectivity index (χ3v) is 3.98. The van der Waals surface area contributed by atoms with E-state index in [4.69, 9.17) is 0 Å². The topological polar surface area (TPSA) is 44.9 Å². The number of hydrogen-bond acceptors (Lipinski definition) is 2. The molecular weight excluding hydrogens is 272 g/mol. The SMILES string of the molecule is Cc1cc(C)c2[nH]c(=O)c(CNc3ccccc3C)cc2c1. The molecule has 0 saturated carbocycles. The van der Waals surface area contributed by atoms with Crippen molar-refractivity contribution in [1.29, 1.82) is 0 Å². The monoisotopic (exact) mass is 292 g/mol. The second-order valence-corrected chi connectivity index (χ2v) is 5.84. The molecular formula is C19H20N2O. The summed E-state index contributed by atoms with van der Waals surface area (Å²) in [6.07, 6.45) is 0. The van der Waals surface area contributed by atoms with Crippen molar-refractivity contribution in [2.24, 2.45) is 0 Å². The molecule has 0 bridgehead atoms. The maximum atomic E-state index is 12.3. The lowest BCUT2D eigenvalue weighted by atomic mass is 10.1. The van der Waals surface area contributed by atoms with Crippen LogP contribution in [0.5, 0.6) is 0 Å². The van der Waals surface area contributed by atoms with E-state index < -0.39 is 0 Å². The van der Waals surface area contributed by atoms with Crippen molar-refractivity contribution in [3.8, 4) is 0 Å². The van der Waals surface area contributed by atoms with Crippen molar-refractivity contribution in [3.05, 3.63) is 75.1 Å². The number of pyridine rings is 1. The Kier molecular flexibility index (Phi) is 3.72. The van der Waals surface area contributed by atoms with Gasteiger partial charge in [0, 0.05) is 17.8 Å². The first-order valence-electron chi connectivity index (χ1n) is 7.47. The predicted molar refractivity (Wildman–Crippen MR) is 92.5 cm³/mol. The van der Waals surface area contributed by atoms with Gasteiger partial charge in [-0.05, 0) is 55.5 Å². The number of nitrogens with one attached hydrogen (secondary N) is 2. The van der Waals surface area contributed by atoms with Crippen LogP contribution in [0.25, 0.3) is 10.9 Å². The zero-order valence-electron chi connectivity index (χ0n) is 13.2. The standard InChI is InChI=1S/C19H20N2O/c1-12-8-14(3)18-15(9-12)10-16(19(22)21-18)11-20-17-7-5-4-6-13(17)2/h4-10,20H,11H2,1-3H3,(H,21,22). The lowest BCUT2D eigenvalue weighted by Gasteiger charge is -2.10. The molecule has 22 heavy (non-hydrogen) atoms. The third kappa shape index (κ3) is 2.75. The van der Waals surface area contributed by atoms with Crippen molar-refractivity contribution >= 4 is 16.6 Å². The molecule has 3 rings (SSSR count). The molecule has 0 saturated heterocycles. The molecule has 0 aliphatic rings. The van der Waals surface area contributed by atoms with E-state index in [1.165, 1.54) is 11.1 Å². The molecule has 3 heteroatoms. The van der Waals surface area contributed by atoms with Crippen LogP contribution in [0.15, 0.2) is 47.3 Å². The minimum Gasteiger partial charge on any atom is -0.381 e. The first kappa shape index (κ1) is 14.4. The van der Waals surface area contributed by atoms with Crippen LogP contribution in [0.3, 0.4) is 0 Å². The fraction of sp³-hybridized carbons (Fsp3) is 0.211. The minimum atomic E-state index is -0.0273. The molecule has 1 heterocycles. The maximum Gasteiger partial charge on any atom is 0.253 e. The average molecular weight is 292 g/mol. The van der Waals surface area contributed by atoms with E-state index in [0.29, 0.717) is 6.54 Å². The van der Waals surface area contributed by atoms with E-state index in [1.807, 2.05) is 31.2 Å². The molecule has 0 fully saturated rings. The lowest BCUT2D eigenvalue weighted by molar-refractivity contribution is 1.08. The van der Waals surface area contributed by atoms with Gasteiger partial charge >= 0.3 is 0 Å². The van der Waals surface area contributed by atoms with Gasteiger partial charge in [0.1, 0.15) is 0 Å². The van der Waals surface area contributed by atoms with Crippen LogP contribution < -0.4 is 10.9 Å². The molecule has 0 aliphatic heterocycles. The largest absolute Gasteiger partial charge is 0.381 e. The van der Waals surface area contributed by atoms with E-state index in [0.717, 1.165) is 27.7 Å². The lowest BCUT2D eigenvalue weighted by Crippen LogP contribution is -2.16. The molecule has 112 valence electrons. The van der Waals surface area contributed by atoms with Crippen LogP contribution in [0, 0.1) is 20.8 Å². The van der Waals surface area contributed by atoms with Gasteiger partial charge < -0.3 is 10.3 Å². The van der Waals surface area contributed by atoms with Crippen molar-refractivity contribution in [2.45, 2.75) is 27.3 Å². The van der Waals surface area contributed by atoms with Gasteiger partial charge in [0.25, 0.3) is 5.56 Å². The molecule has 1 aromatic heterocycles. The van der Waals surface area contributed by atoms with E-state index in [-0.39, 0.29) is 5.56 Å². The van der Waals surface area contributed by atoms with Crippen LogP contribution >= 0.6 is 0 Å². The third-order valence-electron chi connectivity index (χ3n) is 3.98. The zero-order valence-corrected chi connectivity index (χ0v) is 13.2. The first-order chi connectivity index (χ1) is 10.5. The molecule has 0 radical (unpaired) electrons. The van der Waals surface area contributed by atoms with E-state index in [2.05, 4.69) is 42.3 Å². The number of benzene rings is 2. The highest BCUT2D eigenvalue weighted by Gasteiger charge is 2.06. The summed E-state index contributed by atoms with van der Waals surface area (Å²) in [4.78, 5) is 15.3. The molecule has 3 nitrogen and oxygen atoms in total. The fourth-order valence-corrected chi connectivity index (χ4v) is 2.83. The van der Waals surface area contributed by atoms with Gasteiger partial charge in [-0.2, -0.15) is 0 Å². The summed E-state index contributed by atoms with van der Waals surface area (Å²) in [6, 6.07) is 14.3. The first-order valence-corrected chi connectivity index (χ1v) is 7.47. The number of para-hydroxylation sites is 1. The predicted octanol–water partition coefficient (Wildman–Crippen LogP) is 4.07. The molecule has 2 aromatic carbocycles. The Balaban J connectivity index is 1.96. The zero-order chi connectivity index (χ0) is 15.7. The van der Waals surface area contributed by atoms with Crippen LogP contribution in [0.1, 0.15) is 22.3 Å². The summed E-state index contributed by atoms with van der Waals surface area (Å²) in [6.45, 7) is 6.67. The van der Waals surface area contributed by atoms with Crippen LogP contribution in [0.4, 0.5) is 5.69 Å². The number of H-pyrrole nitrogens is 1. The molecule has 0 amide bonds. The van der Waals surface area contributed by atoms with Gasteiger partial charge in [-0.25, -0.2) is 0 Å². The highest BCUT2D eigenvalue weighted by molar-refractivity contribution is 5.82. The normalized spacial score (nSPS) is 10.9. The van der Waals surface area contributed by atoms with Crippen LogP contribution in [-0.2, 0) is 6.54 Å². The number of rotatable bonds is 3. The van der Waals surface area contributed by atoms with Gasteiger partial charge in [0.05, 0.1) is 5.52 Å². The van der Waals surface area contributed by atoms with Gasteiger partial charge in [-0.3, -0.25) is 4.79 Å².